The van der Waals surface area contributed by atoms with Gasteiger partial charge >= 0.3 is 0 Å². The highest BCUT2D eigenvalue weighted by Crippen LogP contribution is 2.35. The molecule has 0 radical (unpaired) electrons. The van der Waals surface area contributed by atoms with Crippen molar-refractivity contribution in [3.05, 3.63) is 11.8 Å². The molecule has 3 N–H and O–H groups in total. The minimum atomic E-state index is -0.590. The zero-order valence-corrected chi connectivity index (χ0v) is 12.3. The third kappa shape index (κ3) is 3.30. The number of primary amides is 1. The second-order valence-electron chi connectivity index (χ2n) is 6.09. The molecule has 6 nitrogen and oxygen atoms in total. The zero-order chi connectivity index (χ0) is 14.9. The predicted octanol–water partition coefficient (Wildman–Crippen LogP) is 1.64. The Morgan fingerprint density at radius 3 is 2.65 bits per heavy atom. The van der Waals surface area contributed by atoms with Gasteiger partial charge in [-0.1, -0.05) is 0 Å². The standard InChI is InChI=1S/C14H23N3O3/c1-9(2)20-13-11(12(15)18)8-17(16-13)10-4-6-14(3,19)7-5-10/h8-10,19H,4-7H2,1-3H3,(H2,15,18). The van der Waals surface area contributed by atoms with Gasteiger partial charge in [0.25, 0.3) is 5.91 Å². The van der Waals surface area contributed by atoms with Crippen molar-refractivity contribution in [2.45, 2.75) is 64.2 Å². The fourth-order valence-corrected chi connectivity index (χ4v) is 2.53. The SMILES string of the molecule is CC(C)Oc1nn(C2CCC(C)(O)CC2)cc1C(N)=O. The van der Waals surface area contributed by atoms with E-state index in [1.165, 1.54) is 0 Å². The lowest BCUT2D eigenvalue weighted by Crippen LogP contribution is -2.31. The summed E-state index contributed by atoms with van der Waals surface area (Å²) in [7, 11) is 0. The summed E-state index contributed by atoms with van der Waals surface area (Å²) in [6.45, 7) is 5.61. The van der Waals surface area contributed by atoms with Crippen LogP contribution in [0.3, 0.4) is 0 Å². The number of ether oxygens (including phenoxy) is 1. The quantitative estimate of drug-likeness (QED) is 0.877. The number of aliphatic hydroxyl groups is 1. The van der Waals surface area contributed by atoms with Crippen molar-refractivity contribution >= 4 is 5.91 Å². The molecule has 2 rings (SSSR count). The van der Waals surface area contributed by atoms with Crippen LogP contribution in [-0.4, -0.2) is 32.5 Å². The summed E-state index contributed by atoms with van der Waals surface area (Å²) in [5.41, 5.74) is 5.09. The Morgan fingerprint density at radius 2 is 2.15 bits per heavy atom. The van der Waals surface area contributed by atoms with Gasteiger partial charge in [-0.15, -0.1) is 5.10 Å². The second-order valence-corrected chi connectivity index (χ2v) is 6.09. The lowest BCUT2D eigenvalue weighted by molar-refractivity contribution is 0.00834. The summed E-state index contributed by atoms with van der Waals surface area (Å²) < 4.78 is 7.29. The minimum Gasteiger partial charge on any atom is -0.473 e. The number of aromatic nitrogens is 2. The Labute approximate surface area is 118 Å². The van der Waals surface area contributed by atoms with Crippen LogP contribution in [0.1, 0.15) is 62.9 Å². The van der Waals surface area contributed by atoms with E-state index in [2.05, 4.69) is 5.10 Å². The van der Waals surface area contributed by atoms with Crippen molar-refractivity contribution in [2.75, 3.05) is 0 Å². The maximum Gasteiger partial charge on any atom is 0.255 e. The molecule has 1 aliphatic carbocycles. The molecule has 0 saturated heterocycles. The van der Waals surface area contributed by atoms with Gasteiger partial charge in [-0.25, -0.2) is 0 Å². The molecule has 6 heteroatoms. The van der Waals surface area contributed by atoms with Gasteiger partial charge in [0.15, 0.2) is 0 Å². The third-order valence-corrected chi connectivity index (χ3v) is 3.72. The molecule has 1 saturated carbocycles. The average molecular weight is 281 g/mol. The van der Waals surface area contributed by atoms with Gasteiger partial charge in [-0.2, -0.15) is 0 Å². The van der Waals surface area contributed by atoms with Crippen molar-refractivity contribution in [1.82, 2.24) is 9.78 Å². The van der Waals surface area contributed by atoms with Crippen molar-refractivity contribution < 1.29 is 14.6 Å². The fourth-order valence-electron chi connectivity index (χ4n) is 2.53. The van der Waals surface area contributed by atoms with Crippen molar-refractivity contribution in [1.29, 1.82) is 0 Å². The Morgan fingerprint density at radius 1 is 1.55 bits per heavy atom. The minimum absolute atomic E-state index is 0.0662. The van der Waals surface area contributed by atoms with Gasteiger partial charge in [0.1, 0.15) is 5.56 Å². The molecule has 1 aliphatic rings. The van der Waals surface area contributed by atoms with Crippen molar-refractivity contribution in [3.8, 4) is 5.88 Å². The number of carbonyl (C=O) groups is 1. The van der Waals surface area contributed by atoms with E-state index in [1.54, 1.807) is 10.9 Å². The lowest BCUT2D eigenvalue weighted by Gasteiger charge is -2.33. The fraction of sp³-hybridized carbons (Fsp3) is 0.714. The molecule has 112 valence electrons. The molecule has 0 spiro atoms. The molecule has 20 heavy (non-hydrogen) atoms. The molecule has 1 aromatic heterocycles. The van der Waals surface area contributed by atoms with Crippen LogP contribution in [0, 0.1) is 0 Å². The molecule has 0 unspecified atom stereocenters. The number of rotatable bonds is 4. The molecule has 0 atom stereocenters. The van der Waals surface area contributed by atoms with Crippen molar-refractivity contribution in [3.63, 3.8) is 0 Å². The summed E-state index contributed by atoms with van der Waals surface area (Å²) in [5.74, 6) is -0.237. The van der Waals surface area contributed by atoms with Crippen LogP contribution in [0.25, 0.3) is 0 Å². The van der Waals surface area contributed by atoms with E-state index < -0.39 is 11.5 Å². The zero-order valence-electron chi connectivity index (χ0n) is 12.3. The van der Waals surface area contributed by atoms with Gasteiger partial charge in [-0.3, -0.25) is 9.48 Å². The van der Waals surface area contributed by atoms with Crippen molar-refractivity contribution in [2.24, 2.45) is 5.73 Å². The van der Waals surface area contributed by atoms with Crippen LogP contribution in [0.15, 0.2) is 6.20 Å². The number of nitrogens with two attached hydrogens (primary N) is 1. The summed E-state index contributed by atoms with van der Waals surface area (Å²) in [6.07, 6.45) is 4.70. The molecule has 0 aliphatic heterocycles. The summed E-state index contributed by atoms with van der Waals surface area (Å²) >= 11 is 0. The normalized spacial score (nSPS) is 26.8. The molecule has 0 aromatic carbocycles. The number of amides is 1. The van der Waals surface area contributed by atoms with Gasteiger partial charge in [-0.05, 0) is 46.5 Å². The molecule has 1 fully saturated rings. The van der Waals surface area contributed by atoms with Crippen LogP contribution in [-0.2, 0) is 0 Å². The maximum absolute atomic E-state index is 11.5. The van der Waals surface area contributed by atoms with E-state index in [4.69, 9.17) is 10.5 Å². The average Bonchev–Trinajstić information content (AvgIpc) is 2.72. The molecular formula is C14H23N3O3. The highest BCUT2D eigenvalue weighted by atomic mass is 16.5. The van der Waals surface area contributed by atoms with E-state index in [9.17, 15) is 9.90 Å². The van der Waals surface area contributed by atoms with Crippen LogP contribution >= 0.6 is 0 Å². The number of hydrogen-bond donors (Lipinski definition) is 2. The first-order valence-corrected chi connectivity index (χ1v) is 7.06. The maximum atomic E-state index is 11.5. The third-order valence-electron chi connectivity index (χ3n) is 3.72. The highest BCUT2D eigenvalue weighted by Gasteiger charge is 2.31. The summed E-state index contributed by atoms with van der Waals surface area (Å²) in [6, 6.07) is 0.179. The molecular weight excluding hydrogens is 258 g/mol. The Kier molecular flexibility index (Phi) is 4.04. The molecule has 1 amide bonds. The lowest BCUT2D eigenvalue weighted by atomic mass is 9.84. The van der Waals surface area contributed by atoms with Gasteiger partial charge in [0.05, 0.1) is 17.7 Å². The highest BCUT2D eigenvalue weighted by molar-refractivity contribution is 5.94. The largest absolute Gasteiger partial charge is 0.473 e. The monoisotopic (exact) mass is 281 g/mol. The number of hydrogen-bond acceptors (Lipinski definition) is 4. The first kappa shape index (κ1) is 14.8. The van der Waals surface area contributed by atoms with E-state index in [1.807, 2.05) is 20.8 Å². The van der Waals surface area contributed by atoms with Gasteiger partial charge in [0, 0.05) is 6.20 Å². The number of carbonyl (C=O) groups excluding carboxylic acids is 1. The second kappa shape index (κ2) is 5.44. The number of nitrogens with zero attached hydrogens (tertiary/aromatic N) is 2. The smallest absolute Gasteiger partial charge is 0.255 e. The molecule has 1 aromatic rings. The van der Waals surface area contributed by atoms with E-state index in [-0.39, 0.29) is 12.1 Å². The first-order valence-electron chi connectivity index (χ1n) is 7.06. The van der Waals surface area contributed by atoms with E-state index >= 15 is 0 Å². The van der Waals surface area contributed by atoms with Crippen LogP contribution in [0.4, 0.5) is 0 Å². The Hall–Kier alpha value is -1.56. The molecule has 0 bridgehead atoms. The van der Waals surface area contributed by atoms with Gasteiger partial charge in [0.2, 0.25) is 5.88 Å². The Balaban J connectivity index is 2.19. The Bertz CT molecular complexity index is 484. The predicted molar refractivity (Wildman–Crippen MR) is 74.6 cm³/mol. The summed E-state index contributed by atoms with van der Waals surface area (Å²) in [5, 5.41) is 14.3. The topological polar surface area (TPSA) is 90.4 Å². The molecule has 1 heterocycles. The van der Waals surface area contributed by atoms with Crippen LogP contribution in [0.5, 0.6) is 5.88 Å². The summed E-state index contributed by atoms with van der Waals surface area (Å²) in [4.78, 5) is 11.5. The van der Waals surface area contributed by atoms with E-state index in [0.717, 1.165) is 25.7 Å². The first-order chi connectivity index (χ1) is 9.28. The van der Waals surface area contributed by atoms with E-state index in [0.29, 0.717) is 11.4 Å². The van der Waals surface area contributed by atoms with Crippen LogP contribution in [0.2, 0.25) is 0 Å². The van der Waals surface area contributed by atoms with Crippen LogP contribution < -0.4 is 10.5 Å². The van der Waals surface area contributed by atoms with Gasteiger partial charge < -0.3 is 15.6 Å².